The monoisotopic (exact) mass is 369 g/mol. The summed E-state index contributed by atoms with van der Waals surface area (Å²) in [5.41, 5.74) is 2.60. The fourth-order valence-electron chi connectivity index (χ4n) is 3.51. The van der Waals surface area contributed by atoms with E-state index in [9.17, 15) is 9.59 Å². The fourth-order valence-corrected chi connectivity index (χ4v) is 3.70. The van der Waals surface area contributed by atoms with Crippen LogP contribution in [-0.4, -0.2) is 25.6 Å². The number of halogens is 1. The second kappa shape index (κ2) is 6.50. The van der Waals surface area contributed by atoms with Crippen molar-refractivity contribution in [1.82, 2.24) is 0 Å². The number of hydrogen-bond acceptors (Lipinski definition) is 4. The molecule has 2 aromatic carbocycles. The van der Waals surface area contributed by atoms with E-state index < -0.39 is 0 Å². The Hall–Kier alpha value is -2.79. The molecule has 132 valence electrons. The molecule has 1 unspecified atom stereocenters. The molecule has 2 aliphatic heterocycles. The topological polar surface area (TPSA) is 55.8 Å². The molecular formula is C20H16ClNO4. The lowest BCUT2D eigenvalue weighted by atomic mass is 9.84. The van der Waals surface area contributed by atoms with Crippen LogP contribution in [0.25, 0.3) is 0 Å². The van der Waals surface area contributed by atoms with E-state index in [1.807, 2.05) is 24.3 Å². The highest BCUT2D eigenvalue weighted by Gasteiger charge is 2.43. The second-order valence-electron chi connectivity index (χ2n) is 6.18. The van der Waals surface area contributed by atoms with Crippen LogP contribution in [0.5, 0.6) is 5.75 Å². The number of amides is 1. The molecule has 0 aromatic heterocycles. The van der Waals surface area contributed by atoms with Gasteiger partial charge in [0.1, 0.15) is 12.4 Å². The highest BCUT2D eigenvalue weighted by atomic mass is 35.5. The van der Waals surface area contributed by atoms with Crippen LogP contribution >= 0.6 is 11.6 Å². The number of benzene rings is 2. The number of carbonyl (C=O) groups is 2. The van der Waals surface area contributed by atoms with Gasteiger partial charge in [0.2, 0.25) is 5.91 Å². The van der Waals surface area contributed by atoms with E-state index in [4.69, 9.17) is 21.1 Å². The lowest BCUT2D eigenvalue weighted by molar-refractivity contribution is -0.136. The average molecular weight is 370 g/mol. The minimum absolute atomic E-state index is 0.0763. The first-order chi connectivity index (χ1) is 12.6. The third kappa shape index (κ3) is 2.74. The molecule has 26 heavy (non-hydrogen) atoms. The second-order valence-corrected chi connectivity index (χ2v) is 6.62. The number of hydrogen-bond donors (Lipinski definition) is 0. The molecule has 2 aliphatic rings. The van der Waals surface area contributed by atoms with E-state index in [-0.39, 0.29) is 30.8 Å². The molecule has 4 rings (SSSR count). The summed E-state index contributed by atoms with van der Waals surface area (Å²) in [5, 5.41) is 0.526. The summed E-state index contributed by atoms with van der Waals surface area (Å²) in [6.45, 7) is 0.0763. The first-order valence-electron chi connectivity index (χ1n) is 8.21. The Morgan fingerprint density at radius 3 is 2.73 bits per heavy atom. The molecule has 2 heterocycles. The van der Waals surface area contributed by atoms with Gasteiger partial charge in [0.15, 0.2) is 0 Å². The Kier molecular flexibility index (Phi) is 4.17. The minimum atomic E-state index is -0.382. The number of rotatable bonds is 3. The molecule has 1 amide bonds. The standard InChI is InChI=1S/C20H16ClNO4/c1-25-15-7-2-4-12(8-15)16-10-18(23)22(14-6-3-5-13(21)9-14)17-11-26-20(24)19(16)17/h2-9,16H,10-11H2,1H3. The quantitative estimate of drug-likeness (QED) is 0.774. The van der Waals surface area contributed by atoms with E-state index in [1.165, 1.54) is 0 Å². The molecule has 0 radical (unpaired) electrons. The van der Waals surface area contributed by atoms with Crippen molar-refractivity contribution in [2.45, 2.75) is 12.3 Å². The van der Waals surface area contributed by atoms with Crippen LogP contribution in [0.15, 0.2) is 59.8 Å². The molecule has 1 atom stereocenters. The van der Waals surface area contributed by atoms with E-state index >= 15 is 0 Å². The summed E-state index contributed by atoms with van der Waals surface area (Å²) in [6.07, 6.45) is 0.174. The van der Waals surface area contributed by atoms with E-state index in [2.05, 4.69) is 0 Å². The summed E-state index contributed by atoms with van der Waals surface area (Å²) in [5.74, 6) is -0.150. The zero-order valence-corrected chi connectivity index (χ0v) is 14.8. The normalized spacial score (nSPS) is 19.5. The number of esters is 1. The zero-order valence-electron chi connectivity index (χ0n) is 14.1. The van der Waals surface area contributed by atoms with Gasteiger partial charge in [0.05, 0.1) is 24.1 Å². The Morgan fingerprint density at radius 1 is 1.15 bits per heavy atom. The predicted molar refractivity (Wildman–Crippen MR) is 97.3 cm³/mol. The van der Waals surface area contributed by atoms with Crippen molar-refractivity contribution in [3.63, 3.8) is 0 Å². The smallest absolute Gasteiger partial charge is 0.336 e. The van der Waals surface area contributed by atoms with Crippen LogP contribution in [0, 0.1) is 0 Å². The maximum atomic E-state index is 12.9. The molecule has 0 fully saturated rings. The molecular weight excluding hydrogens is 354 g/mol. The molecule has 0 saturated carbocycles. The van der Waals surface area contributed by atoms with Crippen molar-refractivity contribution in [1.29, 1.82) is 0 Å². The summed E-state index contributed by atoms with van der Waals surface area (Å²) in [4.78, 5) is 26.9. The molecule has 5 nitrogen and oxygen atoms in total. The van der Waals surface area contributed by atoms with Crippen LogP contribution in [0.2, 0.25) is 5.02 Å². The highest BCUT2D eigenvalue weighted by molar-refractivity contribution is 6.31. The van der Waals surface area contributed by atoms with Gasteiger partial charge in [-0.1, -0.05) is 29.8 Å². The van der Waals surface area contributed by atoms with Gasteiger partial charge >= 0.3 is 5.97 Å². The number of carbonyl (C=O) groups excluding carboxylic acids is 2. The molecule has 0 bridgehead atoms. The van der Waals surface area contributed by atoms with Crippen LogP contribution in [-0.2, 0) is 14.3 Å². The number of ether oxygens (including phenoxy) is 2. The summed E-state index contributed by atoms with van der Waals surface area (Å²) in [7, 11) is 1.58. The zero-order chi connectivity index (χ0) is 18.3. The van der Waals surface area contributed by atoms with Gasteiger partial charge in [-0.15, -0.1) is 0 Å². The molecule has 2 aromatic rings. The average Bonchev–Trinajstić information content (AvgIpc) is 3.02. The van der Waals surface area contributed by atoms with Crippen molar-refractivity contribution in [3.05, 3.63) is 70.4 Å². The van der Waals surface area contributed by atoms with Crippen LogP contribution in [0.3, 0.4) is 0 Å². The van der Waals surface area contributed by atoms with Gasteiger partial charge < -0.3 is 9.47 Å². The number of methoxy groups -OCH3 is 1. The van der Waals surface area contributed by atoms with Crippen LogP contribution in [0.4, 0.5) is 5.69 Å². The largest absolute Gasteiger partial charge is 0.497 e. The van der Waals surface area contributed by atoms with E-state index in [0.29, 0.717) is 27.7 Å². The van der Waals surface area contributed by atoms with Crippen molar-refractivity contribution in [3.8, 4) is 5.75 Å². The van der Waals surface area contributed by atoms with E-state index in [0.717, 1.165) is 5.56 Å². The predicted octanol–water partition coefficient (Wildman–Crippen LogP) is 3.68. The number of cyclic esters (lactones) is 1. The maximum Gasteiger partial charge on any atom is 0.336 e. The minimum Gasteiger partial charge on any atom is -0.497 e. The Balaban J connectivity index is 1.83. The van der Waals surface area contributed by atoms with Gasteiger partial charge in [0.25, 0.3) is 0 Å². The Morgan fingerprint density at radius 2 is 1.96 bits per heavy atom. The maximum absolute atomic E-state index is 12.9. The highest BCUT2D eigenvalue weighted by Crippen LogP contribution is 2.42. The lowest BCUT2D eigenvalue weighted by Gasteiger charge is -2.32. The number of nitrogens with zero attached hydrogens (tertiary/aromatic N) is 1. The molecule has 0 N–H and O–H groups in total. The number of anilines is 1. The molecule has 6 heteroatoms. The third-order valence-corrected chi connectivity index (χ3v) is 4.91. The molecule has 0 aliphatic carbocycles. The van der Waals surface area contributed by atoms with Gasteiger partial charge in [-0.2, -0.15) is 0 Å². The first kappa shape index (κ1) is 16.7. The summed E-state index contributed by atoms with van der Waals surface area (Å²) < 4.78 is 10.5. The first-order valence-corrected chi connectivity index (χ1v) is 8.59. The Labute approximate surface area is 155 Å². The van der Waals surface area contributed by atoms with Gasteiger partial charge in [-0.3, -0.25) is 9.69 Å². The van der Waals surface area contributed by atoms with Crippen molar-refractivity contribution in [2.24, 2.45) is 0 Å². The van der Waals surface area contributed by atoms with Crippen molar-refractivity contribution < 1.29 is 19.1 Å². The summed E-state index contributed by atoms with van der Waals surface area (Å²) >= 11 is 6.08. The van der Waals surface area contributed by atoms with Gasteiger partial charge in [-0.25, -0.2) is 4.79 Å². The molecule has 0 spiro atoms. The van der Waals surface area contributed by atoms with Gasteiger partial charge in [0, 0.05) is 17.4 Å². The van der Waals surface area contributed by atoms with Crippen molar-refractivity contribution >= 4 is 29.2 Å². The lowest BCUT2D eigenvalue weighted by Crippen LogP contribution is -2.37. The van der Waals surface area contributed by atoms with E-state index in [1.54, 1.807) is 36.3 Å². The van der Waals surface area contributed by atoms with Crippen LogP contribution < -0.4 is 9.64 Å². The van der Waals surface area contributed by atoms with Crippen molar-refractivity contribution in [2.75, 3.05) is 18.6 Å². The molecule has 0 saturated heterocycles. The Bertz CT molecular complexity index is 937. The summed E-state index contributed by atoms with van der Waals surface area (Å²) in [6, 6.07) is 14.4. The van der Waals surface area contributed by atoms with Crippen LogP contribution in [0.1, 0.15) is 17.9 Å². The van der Waals surface area contributed by atoms with Gasteiger partial charge in [-0.05, 0) is 35.9 Å². The fraction of sp³-hybridized carbons (Fsp3) is 0.200. The third-order valence-electron chi connectivity index (χ3n) is 4.68. The SMILES string of the molecule is COc1cccc(C2CC(=O)N(c3cccc(Cl)c3)C3=C2C(=O)OC3)c1.